The first-order valence-corrected chi connectivity index (χ1v) is 6.40. The number of ether oxygens (including phenoxy) is 3. The van der Waals surface area contributed by atoms with E-state index in [0.29, 0.717) is 26.4 Å². The van der Waals surface area contributed by atoms with Gasteiger partial charge in [0.1, 0.15) is 12.4 Å². The Hall–Kier alpha value is -1.59. The second-order valence-electron chi connectivity index (χ2n) is 4.00. The molecule has 1 rings (SSSR count). The van der Waals surface area contributed by atoms with Crippen molar-refractivity contribution in [1.29, 1.82) is 0 Å². The Morgan fingerprint density at radius 2 is 1.58 bits per heavy atom. The lowest BCUT2D eigenvalue weighted by atomic mass is 10.3. The van der Waals surface area contributed by atoms with E-state index in [9.17, 15) is 4.79 Å². The Balaban J connectivity index is 1.83. The zero-order chi connectivity index (χ0) is 13.8. The van der Waals surface area contributed by atoms with Crippen LogP contribution in [0.5, 0.6) is 5.75 Å². The molecule has 2 N–H and O–H groups in total. The highest BCUT2D eigenvalue weighted by Gasteiger charge is 1.95. The van der Waals surface area contributed by atoms with Crippen molar-refractivity contribution >= 4 is 5.91 Å². The molecule has 0 radical (unpaired) electrons. The van der Waals surface area contributed by atoms with Crippen LogP contribution >= 0.6 is 0 Å². The van der Waals surface area contributed by atoms with E-state index in [2.05, 4.69) is 0 Å². The quantitative estimate of drug-likeness (QED) is 0.615. The Bertz CT molecular complexity index is 343. The third-order valence-electron chi connectivity index (χ3n) is 2.27. The van der Waals surface area contributed by atoms with Gasteiger partial charge in [-0.05, 0) is 18.6 Å². The van der Waals surface area contributed by atoms with Crippen LogP contribution in [0.15, 0.2) is 30.3 Å². The van der Waals surface area contributed by atoms with Crippen LogP contribution in [-0.2, 0) is 14.3 Å². The standard InChI is InChI=1S/C14H21NO4/c15-14(16)12-18-10-4-8-17-9-5-11-19-13-6-2-1-3-7-13/h1-3,6-7H,4-5,8-12H2,(H2,15,16). The smallest absolute Gasteiger partial charge is 0.243 e. The third-order valence-corrected chi connectivity index (χ3v) is 2.27. The van der Waals surface area contributed by atoms with Crippen LogP contribution in [0.2, 0.25) is 0 Å². The van der Waals surface area contributed by atoms with E-state index in [1.807, 2.05) is 30.3 Å². The normalized spacial score (nSPS) is 10.3. The van der Waals surface area contributed by atoms with Crippen molar-refractivity contribution in [2.24, 2.45) is 5.73 Å². The first-order valence-electron chi connectivity index (χ1n) is 6.40. The minimum absolute atomic E-state index is 0.0229. The van der Waals surface area contributed by atoms with Crippen LogP contribution in [0.25, 0.3) is 0 Å². The van der Waals surface area contributed by atoms with Crippen molar-refractivity contribution in [1.82, 2.24) is 0 Å². The van der Waals surface area contributed by atoms with Crippen LogP contribution < -0.4 is 10.5 Å². The molecule has 5 heteroatoms. The molecule has 1 aromatic rings. The SMILES string of the molecule is NC(=O)COCCCOCCCOc1ccccc1. The molecule has 0 aliphatic rings. The summed E-state index contributed by atoms with van der Waals surface area (Å²) in [4.78, 5) is 10.4. The average Bonchev–Trinajstić information content (AvgIpc) is 2.42. The number of amides is 1. The maximum Gasteiger partial charge on any atom is 0.243 e. The molecule has 0 aromatic heterocycles. The van der Waals surface area contributed by atoms with Gasteiger partial charge in [-0.2, -0.15) is 0 Å². The first-order chi connectivity index (χ1) is 9.29. The number of primary amides is 1. The number of carbonyl (C=O) groups is 1. The summed E-state index contributed by atoms with van der Waals surface area (Å²) in [5.74, 6) is 0.432. The summed E-state index contributed by atoms with van der Waals surface area (Å²) >= 11 is 0. The highest BCUT2D eigenvalue weighted by molar-refractivity contribution is 5.74. The molecule has 0 saturated heterocycles. The van der Waals surface area contributed by atoms with Crippen molar-refractivity contribution in [3.8, 4) is 5.75 Å². The first kappa shape index (κ1) is 15.5. The van der Waals surface area contributed by atoms with Gasteiger partial charge in [-0.1, -0.05) is 18.2 Å². The van der Waals surface area contributed by atoms with Crippen molar-refractivity contribution < 1.29 is 19.0 Å². The summed E-state index contributed by atoms with van der Waals surface area (Å²) < 4.78 is 15.9. The molecule has 0 fully saturated rings. The second-order valence-corrected chi connectivity index (χ2v) is 4.00. The largest absolute Gasteiger partial charge is 0.494 e. The van der Waals surface area contributed by atoms with Gasteiger partial charge in [-0.25, -0.2) is 0 Å². The van der Waals surface area contributed by atoms with Gasteiger partial charge in [-0.15, -0.1) is 0 Å². The Labute approximate surface area is 113 Å². The van der Waals surface area contributed by atoms with E-state index in [4.69, 9.17) is 19.9 Å². The highest BCUT2D eigenvalue weighted by Crippen LogP contribution is 2.08. The van der Waals surface area contributed by atoms with E-state index in [0.717, 1.165) is 18.6 Å². The molecule has 0 heterocycles. The summed E-state index contributed by atoms with van der Waals surface area (Å²) in [6, 6.07) is 9.69. The van der Waals surface area contributed by atoms with Crippen LogP contribution in [0, 0.1) is 0 Å². The van der Waals surface area contributed by atoms with Gasteiger partial charge in [0.2, 0.25) is 5.91 Å². The fourth-order valence-electron chi connectivity index (χ4n) is 1.41. The molecule has 1 aromatic carbocycles. The average molecular weight is 267 g/mol. The van der Waals surface area contributed by atoms with E-state index in [1.54, 1.807) is 0 Å². The van der Waals surface area contributed by atoms with E-state index in [1.165, 1.54) is 0 Å². The van der Waals surface area contributed by atoms with Gasteiger partial charge in [-0.3, -0.25) is 4.79 Å². The maximum absolute atomic E-state index is 10.4. The molecule has 0 unspecified atom stereocenters. The summed E-state index contributed by atoms with van der Waals surface area (Å²) in [7, 11) is 0. The molecule has 0 aliphatic carbocycles. The number of carbonyl (C=O) groups excluding carboxylic acids is 1. The van der Waals surface area contributed by atoms with Gasteiger partial charge < -0.3 is 19.9 Å². The number of hydrogen-bond acceptors (Lipinski definition) is 4. The summed E-state index contributed by atoms with van der Waals surface area (Å²) in [5.41, 5.74) is 4.93. The lowest BCUT2D eigenvalue weighted by Crippen LogP contribution is -2.18. The Morgan fingerprint density at radius 1 is 0.947 bits per heavy atom. The topological polar surface area (TPSA) is 70.8 Å². The predicted octanol–water partition coefficient (Wildman–Crippen LogP) is 1.36. The summed E-state index contributed by atoms with van der Waals surface area (Å²) in [6.45, 7) is 2.38. The number of hydrogen-bond donors (Lipinski definition) is 1. The number of rotatable bonds is 11. The van der Waals surface area contributed by atoms with Crippen molar-refractivity contribution in [3.63, 3.8) is 0 Å². The minimum atomic E-state index is -0.445. The van der Waals surface area contributed by atoms with Crippen LogP contribution in [0.4, 0.5) is 0 Å². The number of benzene rings is 1. The fourth-order valence-corrected chi connectivity index (χ4v) is 1.41. The lowest BCUT2D eigenvalue weighted by molar-refractivity contribution is -0.122. The summed E-state index contributed by atoms with van der Waals surface area (Å²) in [6.07, 6.45) is 1.60. The molecule has 5 nitrogen and oxygen atoms in total. The second kappa shape index (κ2) is 10.3. The van der Waals surface area contributed by atoms with Gasteiger partial charge in [0.15, 0.2) is 0 Å². The van der Waals surface area contributed by atoms with Gasteiger partial charge in [0.05, 0.1) is 6.61 Å². The fraction of sp³-hybridized carbons (Fsp3) is 0.500. The Morgan fingerprint density at radius 3 is 2.26 bits per heavy atom. The predicted molar refractivity (Wildman–Crippen MR) is 72.0 cm³/mol. The van der Waals surface area contributed by atoms with Crippen molar-refractivity contribution in [3.05, 3.63) is 30.3 Å². The zero-order valence-corrected chi connectivity index (χ0v) is 11.0. The van der Waals surface area contributed by atoms with E-state index < -0.39 is 5.91 Å². The molecule has 0 saturated carbocycles. The van der Waals surface area contributed by atoms with E-state index in [-0.39, 0.29) is 6.61 Å². The van der Waals surface area contributed by atoms with Crippen LogP contribution in [-0.4, -0.2) is 38.9 Å². The van der Waals surface area contributed by atoms with Crippen LogP contribution in [0.3, 0.4) is 0 Å². The van der Waals surface area contributed by atoms with Gasteiger partial charge in [0, 0.05) is 26.2 Å². The zero-order valence-electron chi connectivity index (χ0n) is 11.0. The minimum Gasteiger partial charge on any atom is -0.494 e. The summed E-state index contributed by atoms with van der Waals surface area (Å²) in [5, 5.41) is 0. The van der Waals surface area contributed by atoms with Crippen molar-refractivity contribution in [2.45, 2.75) is 12.8 Å². The molecule has 106 valence electrons. The maximum atomic E-state index is 10.4. The monoisotopic (exact) mass is 267 g/mol. The lowest BCUT2D eigenvalue weighted by Gasteiger charge is -2.06. The third kappa shape index (κ3) is 9.04. The molecular weight excluding hydrogens is 246 g/mol. The molecule has 1 amide bonds. The van der Waals surface area contributed by atoms with Gasteiger partial charge >= 0.3 is 0 Å². The molecule has 19 heavy (non-hydrogen) atoms. The number of para-hydroxylation sites is 1. The molecule has 0 atom stereocenters. The molecular formula is C14H21NO4. The highest BCUT2D eigenvalue weighted by atomic mass is 16.5. The Kier molecular flexibility index (Phi) is 8.42. The van der Waals surface area contributed by atoms with E-state index >= 15 is 0 Å². The van der Waals surface area contributed by atoms with Crippen molar-refractivity contribution in [2.75, 3.05) is 33.0 Å². The molecule has 0 spiro atoms. The van der Waals surface area contributed by atoms with Crippen LogP contribution in [0.1, 0.15) is 12.8 Å². The molecule has 0 aliphatic heterocycles. The molecule has 0 bridgehead atoms. The van der Waals surface area contributed by atoms with Gasteiger partial charge in [0.25, 0.3) is 0 Å². The number of nitrogens with two attached hydrogens (primary N) is 1.